The molecule has 1 aliphatic heterocycles. The maximum atomic E-state index is 13.6. The van der Waals surface area contributed by atoms with Crippen LogP contribution in [0.2, 0.25) is 0 Å². The Kier molecular flexibility index (Phi) is 7.04. The fourth-order valence-corrected chi connectivity index (χ4v) is 6.35. The summed E-state index contributed by atoms with van der Waals surface area (Å²) in [6, 6.07) is 13.0. The summed E-state index contributed by atoms with van der Waals surface area (Å²) in [6.07, 6.45) is 7.76. The minimum Gasteiger partial charge on any atom is -0.376 e. The van der Waals surface area contributed by atoms with Crippen LogP contribution in [-0.2, 0) is 11.3 Å². The Morgan fingerprint density at radius 1 is 1.08 bits per heavy atom. The number of fused-ring (bicyclic) bond motifs is 2. The Bertz CT molecular complexity index is 1560. The molecule has 8 nitrogen and oxygen atoms in total. The molecular weight excluding hydrogens is 500 g/mol. The molecule has 0 unspecified atom stereocenters. The number of carbonyl (C=O) groups excluding carboxylic acids is 2. The number of hydrogen-bond acceptors (Lipinski definition) is 6. The number of hydrogen-bond donors (Lipinski definition) is 2. The van der Waals surface area contributed by atoms with Crippen LogP contribution in [0.15, 0.2) is 58.6 Å². The Morgan fingerprint density at radius 2 is 1.92 bits per heavy atom. The SMILES string of the molecule is O=C(NC1CCCC1)c1ccc2c(=O)n(C[C@H]3CCCO3)c(SCC(=O)c3c[nH]c4ccccc34)nc2c1. The number of carbonyl (C=O) groups is 2. The van der Waals surface area contributed by atoms with Gasteiger partial charge in [0.1, 0.15) is 0 Å². The van der Waals surface area contributed by atoms with Crippen LogP contribution < -0.4 is 10.9 Å². The lowest BCUT2D eigenvalue weighted by Gasteiger charge is -2.17. The van der Waals surface area contributed by atoms with Gasteiger partial charge in [0.25, 0.3) is 11.5 Å². The summed E-state index contributed by atoms with van der Waals surface area (Å²) in [5, 5.41) is 4.88. The maximum absolute atomic E-state index is 13.6. The van der Waals surface area contributed by atoms with E-state index in [0.717, 1.165) is 49.4 Å². The van der Waals surface area contributed by atoms with Gasteiger partial charge >= 0.3 is 0 Å². The number of para-hydroxylation sites is 1. The predicted octanol–water partition coefficient (Wildman–Crippen LogP) is 4.70. The van der Waals surface area contributed by atoms with Gasteiger partial charge in [-0.25, -0.2) is 4.98 Å². The van der Waals surface area contributed by atoms with Crippen molar-refractivity contribution < 1.29 is 14.3 Å². The van der Waals surface area contributed by atoms with Crippen molar-refractivity contribution in [2.75, 3.05) is 12.4 Å². The predicted molar refractivity (Wildman–Crippen MR) is 148 cm³/mol. The van der Waals surface area contributed by atoms with E-state index in [4.69, 9.17) is 9.72 Å². The minimum atomic E-state index is -0.185. The summed E-state index contributed by atoms with van der Waals surface area (Å²) in [5.74, 6) is -0.0595. The third-order valence-corrected chi connectivity index (χ3v) is 8.48. The van der Waals surface area contributed by atoms with Crippen LogP contribution in [-0.4, -0.2) is 50.7 Å². The Labute approximate surface area is 224 Å². The highest BCUT2D eigenvalue weighted by molar-refractivity contribution is 7.99. The van der Waals surface area contributed by atoms with E-state index >= 15 is 0 Å². The molecule has 2 aromatic heterocycles. The Morgan fingerprint density at radius 3 is 2.74 bits per heavy atom. The van der Waals surface area contributed by atoms with Crippen LogP contribution in [0.3, 0.4) is 0 Å². The summed E-state index contributed by atoms with van der Waals surface area (Å²) in [6.45, 7) is 1.07. The summed E-state index contributed by atoms with van der Waals surface area (Å²) < 4.78 is 7.43. The summed E-state index contributed by atoms with van der Waals surface area (Å²) >= 11 is 1.25. The average Bonchev–Trinajstić information content (AvgIpc) is 3.71. The van der Waals surface area contributed by atoms with Gasteiger partial charge in [0.05, 0.1) is 29.3 Å². The normalized spacial score (nSPS) is 17.9. The summed E-state index contributed by atoms with van der Waals surface area (Å²) in [5.41, 5.74) is 2.28. The number of nitrogens with zero attached hydrogens (tertiary/aromatic N) is 2. The largest absolute Gasteiger partial charge is 0.376 e. The maximum Gasteiger partial charge on any atom is 0.262 e. The molecule has 196 valence electrons. The highest BCUT2D eigenvalue weighted by Crippen LogP contribution is 2.25. The molecule has 4 aromatic rings. The molecule has 2 N–H and O–H groups in total. The topological polar surface area (TPSA) is 106 Å². The van der Waals surface area contributed by atoms with E-state index in [0.29, 0.717) is 40.3 Å². The van der Waals surface area contributed by atoms with Gasteiger partial charge in [0.15, 0.2) is 10.9 Å². The molecule has 2 aliphatic rings. The first-order chi connectivity index (χ1) is 18.6. The third kappa shape index (κ3) is 5.00. The first-order valence-electron chi connectivity index (χ1n) is 13.3. The van der Waals surface area contributed by atoms with Gasteiger partial charge in [-0.1, -0.05) is 42.8 Å². The van der Waals surface area contributed by atoms with Gasteiger partial charge in [-0.2, -0.15) is 0 Å². The number of amides is 1. The number of H-pyrrole nitrogens is 1. The van der Waals surface area contributed by atoms with Crippen LogP contribution in [0.25, 0.3) is 21.8 Å². The smallest absolute Gasteiger partial charge is 0.262 e. The minimum absolute atomic E-state index is 0.0462. The van der Waals surface area contributed by atoms with Crippen molar-refractivity contribution in [1.29, 1.82) is 0 Å². The second-order valence-electron chi connectivity index (χ2n) is 10.1. The van der Waals surface area contributed by atoms with Gasteiger partial charge in [0.2, 0.25) is 0 Å². The number of aromatic nitrogens is 3. The highest BCUT2D eigenvalue weighted by Gasteiger charge is 2.23. The van der Waals surface area contributed by atoms with Gasteiger partial charge in [0, 0.05) is 40.9 Å². The van der Waals surface area contributed by atoms with E-state index in [-0.39, 0.29) is 35.1 Å². The molecule has 3 heterocycles. The molecule has 1 atom stereocenters. The highest BCUT2D eigenvalue weighted by atomic mass is 32.2. The zero-order chi connectivity index (χ0) is 26.1. The zero-order valence-corrected chi connectivity index (χ0v) is 21.9. The molecule has 0 bridgehead atoms. The number of aromatic amines is 1. The van der Waals surface area contributed by atoms with E-state index < -0.39 is 0 Å². The molecule has 1 aliphatic carbocycles. The average molecular weight is 531 g/mol. The third-order valence-electron chi connectivity index (χ3n) is 7.51. The monoisotopic (exact) mass is 530 g/mol. The second kappa shape index (κ2) is 10.7. The van der Waals surface area contributed by atoms with Crippen molar-refractivity contribution in [3.63, 3.8) is 0 Å². The van der Waals surface area contributed by atoms with Crippen LogP contribution in [0.4, 0.5) is 0 Å². The van der Waals surface area contributed by atoms with Crippen LogP contribution in [0.1, 0.15) is 59.2 Å². The first-order valence-corrected chi connectivity index (χ1v) is 14.2. The van der Waals surface area contributed by atoms with Gasteiger partial charge in [-0.3, -0.25) is 19.0 Å². The van der Waals surface area contributed by atoms with Gasteiger partial charge in [-0.15, -0.1) is 0 Å². The lowest BCUT2D eigenvalue weighted by Crippen LogP contribution is -2.32. The van der Waals surface area contributed by atoms with Crippen molar-refractivity contribution in [2.24, 2.45) is 0 Å². The number of Topliss-reactive ketones (excluding diaryl/α,β-unsaturated/α-hetero) is 1. The van der Waals surface area contributed by atoms with E-state index in [1.165, 1.54) is 11.8 Å². The van der Waals surface area contributed by atoms with Gasteiger partial charge < -0.3 is 15.0 Å². The molecule has 0 radical (unpaired) electrons. The Balaban J connectivity index is 1.31. The number of benzene rings is 2. The van der Waals surface area contributed by atoms with E-state index in [1.807, 2.05) is 24.3 Å². The lowest BCUT2D eigenvalue weighted by atomic mass is 10.1. The summed E-state index contributed by atoms with van der Waals surface area (Å²) in [4.78, 5) is 47.6. The number of nitrogens with one attached hydrogen (secondary N) is 2. The zero-order valence-electron chi connectivity index (χ0n) is 21.1. The molecule has 1 amide bonds. The number of ether oxygens (including phenoxy) is 1. The van der Waals surface area contributed by atoms with Crippen molar-refractivity contribution in [3.05, 3.63) is 70.1 Å². The van der Waals surface area contributed by atoms with Crippen molar-refractivity contribution in [3.8, 4) is 0 Å². The molecule has 0 spiro atoms. The van der Waals surface area contributed by atoms with Crippen molar-refractivity contribution in [1.82, 2.24) is 19.9 Å². The lowest BCUT2D eigenvalue weighted by molar-refractivity contribution is 0.0935. The van der Waals surface area contributed by atoms with Crippen LogP contribution in [0.5, 0.6) is 0 Å². The summed E-state index contributed by atoms with van der Waals surface area (Å²) in [7, 11) is 0. The molecule has 2 aromatic carbocycles. The van der Waals surface area contributed by atoms with Gasteiger partial charge in [-0.05, 0) is 49.9 Å². The fraction of sp³-hybridized carbons (Fsp3) is 0.379. The standard InChI is InChI=1S/C29H30N4O4S/c34-26(23-15-30-24-10-4-3-9-21(23)24)17-38-29-32-25-14-18(27(35)31-19-6-1-2-7-19)11-12-22(25)28(36)33(29)16-20-8-5-13-37-20/h3-4,9-12,14-15,19-20,30H,1-2,5-8,13,16-17H2,(H,31,35)/t20-/m1/s1. The van der Waals surface area contributed by atoms with Crippen LogP contribution >= 0.6 is 11.8 Å². The molecule has 6 rings (SSSR count). The molecule has 9 heteroatoms. The second-order valence-corrected chi connectivity index (χ2v) is 11.0. The number of thioether (sulfide) groups is 1. The molecule has 2 fully saturated rings. The van der Waals surface area contributed by atoms with E-state index in [1.54, 1.807) is 29.0 Å². The molecule has 38 heavy (non-hydrogen) atoms. The quantitative estimate of drug-likeness (QED) is 0.194. The molecule has 1 saturated carbocycles. The van der Waals surface area contributed by atoms with E-state index in [2.05, 4.69) is 10.3 Å². The molecule has 1 saturated heterocycles. The fourth-order valence-electron chi connectivity index (χ4n) is 5.45. The number of ketones is 1. The number of rotatable bonds is 8. The van der Waals surface area contributed by atoms with Crippen molar-refractivity contribution >= 4 is 45.3 Å². The van der Waals surface area contributed by atoms with E-state index in [9.17, 15) is 14.4 Å². The first kappa shape index (κ1) is 24.9. The van der Waals surface area contributed by atoms with Crippen molar-refractivity contribution in [2.45, 2.75) is 62.4 Å². The Hall–Kier alpha value is -3.43. The van der Waals surface area contributed by atoms with Crippen LogP contribution in [0, 0.1) is 0 Å². The molecular formula is C29H30N4O4S.